The fourth-order valence-corrected chi connectivity index (χ4v) is 1.51. The van der Waals surface area contributed by atoms with E-state index in [4.69, 9.17) is 0 Å². The highest BCUT2D eigenvalue weighted by molar-refractivity contribution is 5.63. The van der Waals surface area contributed by atoms with Crippen LogP contribution in [0.4, 0.5) is 0 Å². The maximum absolute atomic E-state index is 3.38. The normalized spacial score (nSPS) is 9.39. The average Bonchev–Trinajstić information content (AvgIpc) is 3.00. The number of hydrogen-bond donors (Lipinski definition) is 1. The molecule has 3 rings (SSSR count). The summed E-state index contributed by atoms with van der Waals surface area (Å²) in [7, 11) is 0. The van der Waals surface area contributed by atoms with Gasteiger partial charge in [-0.1, -0.05) is 65.4 Å². The summed E-state index contributed by atoms with van der Waals surface area (Å²) in [5, 5.41) is 12.2. The number of aromatic amines is 1. The Labute approximate surface area is 106 Å². The third kappa shape index (κ3) is 3.52. The number of aromatic nitrogens is 4. The monoisotopic (exact) mass is 238 g/mol. The van der Waals surface area contributed by atoms with Crippen LogP contribution in [-0.4, -0.2) is 20.6 Å². The summed E-state index contributed by atoms with van der Waals surface area (Å²) in [4.78, 5) is 0. The summed E-state index contributed by atoms with van der Waals surface area (Å²) in [6.07, 6.45) is 1.33. The number of nitrogens with one attached hydrogen (secondary N) is 1. The standard InChI is InChI=1S/C13H12.CH2N4/c1-11-7-9-13(10-8-11)12-5-3-2-4-6-12;1-2-4-5-3-1/h2-10H,1H3;1H,(H,2,3,4,5). The van der Waals surface area contributed by atoms with Crippen LogP contribution in [-0.2, 0) is 0 Å². The van der Waals surface area contributed by atoms with Crippen LogP contribution in [0.1, 0.15) is 5.56 Å². The molecule has 0 spiro atoms. The first-order valence-corrected chi connectivity index (χ1v) is 5.65. The molecule has 4 nitrogen and oxygen atoms in total. The average molecular weight is 238 g/mol. The Morgan fingerprint density at radius 2 is 1.50 bits per heavy atom. The number of aryl methyl sites for hydroxylation is 1. The van der Waals surface area contributed by atoms with E-state index in [1.165, 1.54) is 23.0 Å². The van der Waals surface area contributed by atoms with Crippen molar-refractivity contribution in [2.24, 2.45) is 0 Å². The lowest BCUT2D eigenvalue weighted by Gasteiger charge is -2.00. The first-order chi connectivity index (χ1) is 8.86. The predicted octanol–water partition coefficient (Wildman–Crippen LogP) is 2.86. The van der Waals surface area contributed by atoms with Crippen molar-refractivity contribution >= 4 is 0 Å². The zero-order chi connectivity index (χ0) is 12.6. The Morgan fingerprint density at radius 1 is 0.833 bits per heavy atom. The van der Waals surface area contributed by atoms with Gasteiger partial charge in [-0.2, -0.15) is 5.21 Å². The van der Waals surface area contributed by atoms with Crippen LogP contribution in [0.15, 0.2) is 60.9 Å². The van der Waals surface area contributed by atoms with Gasteiger partial charge >= 0.3 is 0 Å². The lowest BCUT2D eigenvalue weighted by molar-refractivity contribution is 0.881. The van der Waals surface area contributed by atoms with E-state index in [1.54, 1.807) is 0 Å². The summed E-state index contributed by atoms with van der Waals surface area (Å²) in [6.45, 7) is 2.11. The maximum Gasteiger partial charge on any atom is 0.161 e. The number of rotatable bonds is 1. The van der Waals surface area contributed by atoms with Gasteiger partial charge in [0.15, 0.2) is 6.33 Å². The Bertz CT molecular complexity index is 527. The van der Waals surface area contributed by atoms with E-state index in [1.807, 2.05) is 6.07 Å². The fourth-order valence-electron chi connectivity index (χ4n) is 1.51. The van der Waals surface area contributed by atoms with E-state index in [0.29, 0.717) is 0 Å². The molecule has 3 aromatic rings. The molecule has 0 atom stereocenters. The van der Waals surface area contributed by atoms with Crippen molar-refractivity contribution < 1.29 is 0 Å². The summed E-state index contributed by atoms with van der Waals surface area (Å²) in [5.41, 5.74) is 3.87. The molecule has 90 valence electrons. The van der Waals surface area contributed by atoms with Crippen LogP contribution >= 0.6 is 0 Å². The van der Waals surface area contributed by atoms with E-state index in [0.717, 1.165) is 0 Å². The number of H-pyrrole nitrogens is 1. The van der Waals surface area contributed by atoms with E-state index < -0.39 is 0 Å². The van der Waals surface area contributed by atoms with Crippen LogP contribution < -0.4 is 0 Å². The van der Waals surface area contributed by atoms with Gasteiger partial charge in [0.25, 0.3) is 0 Å². The minimum Gasteiger partial charge on any atom is -0.177 e. The maximum atomic E-state index is 3.38. The molecule has 0 radical (unpaired) electrons. The molecule has 0 aliphatic carbocycles. The van der Waals surface area contributed by atoms with E-state index in [9.17, 15) is 0 Å². The predicted molar refractivity (Wildman–Crippen MR) is 70.8 cm³/mol. The SMILES string of the molecule is Cc1ccc(-c2ccccc2)cc1.c1nn[nH]n1. The highest BCUT2D eigenvalue weighted by Crippen LogP contribution is 2.18. The quantitative estimate of drug-likeness (QED) is 0.709. The molecule has 0 aliphatic heterocycles. The van der Waals surface area contributed by atoms with Crippen LogP contribution in [0.5, 0.6) is 0 Å². The van der Waals surface area contributed by atoms with Gasteiger partial charge in [0.05, 0.1) is 0 Å². The number of hydrogen-bond acceptors (Lipinski definition) is 3. The first-order valence-electron chi connectivity index (χ1n) is 5.65. The molecule has 0 saturated carbocycles. The van der Waals surface area contributed by atoms with Crippen molar-refractivity contribution in [3.8, 4) is 11.1 Å². The lowest BCUT2D eigenvalue weighted by Crippen LogP contribution is -1.76. The van der Waals surface area contributed by atoms with Crippen LogP contribution in [0.2, 0.25) is 0 Å². The summed E-state index contributed by atoms with van der Waals surface area (Å²) in [6, 6.07) is 19.0. The van der Waals surface area contributed by atoms with Gasteiger partial charge in [-0.05, 0) is 18.1 Å². The molecule has 1 heterocycles. The van der Waals surface area contributed by atoms with Crippen LogP contribution in [0, 0.1) is 6.92 Å². The van der Waals surface area contributed by atoms with Crippen molar-refractivity contribution in [3.63, 3.8) is 0 Å². The Kier molecular flexibility index (Phi) is 4.19. The molecule has 1 N–H and O–H groups in total. The van der Waals surface area contributed by atoms with Gasteiger partial charge in [-0.3, -0.25) is 0 Å². The van der Waals surface area contributed by atoms with Gasteiger partial charge < -0.3 is 0 Å². The lowest BCUT2D eigenvalue weighted by atomic mass is 10.0. The smallest absolute Gasteiger partial charge is 0.161 e. The zero-order valence-electron chi connectivity index (χ0n) is 10.1. The van der Waals surface area contributed by atoms with Crippen molar-refractivity contribution in [2.75, 3.05) is 0 Å². The Hall–Kier alpha value is -2.49. The molecule has 0 unspecified atom stereocenters. The molecule has 0 amide bonds. The molecule has 0 saturated heterocycles. The molecule has 0 fully saturated rings. The van der Waals surface area contributed by atoms with Gasteiger partial charge in [-0.25, -0.2) is 0 Å². The second-order valence-corrected chi connectivity index (χ2v) is 3.79. The minimum absolute atomic E-state index is 1.28. The van der Waals surface area contributed by atoms with Crippen molar-refractivity contribution in [1.29, 1.82) is 0 Å². The zero-order valence-corrected chi connectivity index (χ0v) is 10.1. The van der Waals surface area contributed by atoms with Gasteiger partial charge in [0.1, 0.15) is 0 Å². The number of tetrazole rings is 1. The molecule has 18 heavy (non-hydrogen) atoms. The van der Waals surface area contributed by atoms with Gasteiger partial charge in [-0.15, -0.1) is 10.2 Å². The summed E-state index contributed by atoms with van der Waals surface area (Å²) in [5.74, 6) is 0. The molecule has 4 heteroatoms. The van der Waals surface area contributed by atoms with Gasteiger partial charge in [0.2, 0.25) is 0 Å². The third-order valence-corrected chi connectivity index (χ3v) is 2.43. The Balaban J connectivity index is 0.000000202. The molecule has 0 aliphatic rings. The van der Waals surface area contributed by atoms with Crippen molar-refractivity contribution in [1.82, 2.24) is 20.6 Å². The molecular weight excluding hydrogens is 224 g/mol. The van der Waals surface area contributed by atoms with E-state index in [-0.39, 0.29) is 0 Å². The van der Waals surface area contributed by atoms with Crippen LogP contribution in [0.25, 0.3) is 11.1 Å². The first kappa shape index (κ1) is 12.0. The number of nitrogens with zero attached hydrogens (tertiary/aromatic N) is 3. The largest absolute Gasteiger partial charge is 0.177 e. The van der Waals surface area contributed by atoms with E-state index >= 15 is 0 Å². The van der Waals surface area contributed by atoms with Crippen molar-refractivity contribution in [2.45, 2.75) is 6.92 Å². The summed E-state index contributed by atoms with van der Waals surface area (Å²) >= 11 is 0. The third-order valence-electron chi connectivity index (χ3n) is 2.43. The number of benzene rings is 2. The van der Waals surface area contributed by atoms with Crippen molar-refractivity contribution in [3.05, 3.63) is 66.5 Å². The highest BCUT2D eigenvalue weighted by atomic mass is 15.5. The van der Waals surface area contributed by atoms with E-state index in [2.05, 4.69) is 76.1 Å². The van der Waals surface area contributed by atoms with Crippen LogP contribution in [0.3, 0.4) is 0 Å². The van der Waals surface area contributed by atoms with Gasteiger partial charge in [0, 0.05) is 0 Å². The molecule has 1 aromatic heterocycles. The topological polar surface area (TPSA) is 54.5 Å². The fraction of sp³-hybridized carbons (Fsp3) is 0.0714. The molecular formula is C14H14N4. The minimum atomic E-state index is 1.28. The second-order valence-electron chi connectivity index (χ2n) is 3.79. The molecule has 2 aromatic carbocycles. The molecule has 0 bridgehead atoms. The Morgan fingerprint density at radius 3 is 2.00 bits per heavy atom. The summed E-state index contributed by atoms with van der Waals surface area (Å²) < 4.78 is 0. The second kappa shape index (κ2) is 6.30. The highest BCUT2D eigenvalue weighted by Gasteiger charge is 1.93.